The van der Waals surface area contributed by atoms with E-state index in [-0.39, 0.29) is 28.6 Å². The topological polar surface area (TPSA) is 110 Å². The molecule has 3 aliphatic heterocycles. The van der Waals surface area contributed by atoms with Crippen LogP contribution in [0.4, 0.5) is 0 Å². The van der Waals surface area contributed by atoms with Crippen LogP contribution in [0.5, 0.6) is 5.75 Å². The predicted octanol–water partition coefficient (Wildman–Crippen LogP) is 5.79. The van der Waals surface area contributed by atoms with E-state index in [2.05, 4.69) is 49.4 Å². The van der Waals surface area contributed by atoms with Crippen molar-refractivity contribution < 1.29 is 27.5 Å². The van der Waals surface area contributed by atoms with Gasteiger partial charge in [-0.1, -0.05) is 37.5 Å². The van der Waals surface area contributed by atoms with E-state index in [9.17, 15) is 13.2 Å². The van der Waals surface area contributed by atoms with Crippen molar-refractivity contribution in [3.05, 3.63) is 63.9 Å². The number of ether oxygens (including phenoxy) is 2. The molecular formula is C42H54N4O6S. The van der Waals surface area contributed by atoms with Crippen LogP contribution in [0.25, 0.3) is 10.9 Å². The maximum atomic E-state index is 15.1. The summed E-state index contributed by atoms with van der Waals surface area (Å²) in [6, 6.07) is 6.58. The van der Waals surface area contributed by atoms with Crippen molar-refractivity contribution in [1.82, 2.24) is 19.1 Å². The van der Waals surface area contributed by atoms with Crippen LogP contribution in [0.3, 0.4) is 0 Å². The van der Waals surface area contributed by atoms with Crippen LogP contribution in [0.2, 0.25) is 0 Å². The third-order valence-electron chi connectivity index (χ3n) is 14.2. The number of sulfonamides is 1. The van der Waals surface area contributed by atoms with Gasteiger partial charge >= 0.3 is 0 Å². The molecule has 0 radical (unpaired) electrons. The Morgan fingerprint density at radius 3 is 2.43 bits per heavy atom. The normalized spacial score (nSPS) is 29.4. The van der Waals surface area contributed by atoms with E-state index in [4.69, 9.17) is 9.47 Å². The molecular weight excluding hydrogens is 689 g/mol. The summed E-state index contributed by atoms with van der Waals surface area (Å²) >= 11 is 0. The fourth-order valence-electron chi connectivity index (χ4n) is 11.3. The molecule has 284 valence electrons. The number of carbonyl (C=O) groups is 2. The van der Waals surface area contributed by atoms with Gasteiger partial charge in [-0.05, 0) is 93.2 Å². The van der Waals surface area contributed by atoms with E-state index in [1.165, 1.54) is 24.8 Å². The van der Waals surface area contributed by atoms with Crippen LogP contribution in [-0.2, 0) is 30.9 Å². The number of benzene rings is 1. The average molecular weight is 743 g/mol. The summed E-state index contributed by atoms with van der Waals surface area (Å²) in [4.78, 5) is 33.7. The first-order valence-corrected chi connectivity index (χ1v) is 21.6. The number of fused-ring (bicyclic) bond motifs is 6. The third kappa shape index (κ3) is 5.41. The number of aromatic nitrogens is 1. The van der Waals surface area contributed by atoms with Gasteiger partial charge in [-0.25, -0.2) is 13.1 Å². The number of carbonyl (C=O) groups excluding carboxylic acids is 2. The molecule has 53 heavy (non-hydrogen) atoms. The smallest absolute Gasteiger partial charge is 0.265 e. The summed E-state index contributed by atoms with van der Waals surface area (Å²) in [5.41, 5.74) is 6.93. The molecule has 2 unspecified atom stereocenters. The molecule has 1 aromatic carbocycles. The minimum Gasteiger partial charge on any atom is -0.496 e. The lowest BCUT2D eigenvalue weighted by molar-refractivity contribution is -0.135. The summed E-state index contributed by atoms with van der Waals surface area (Å²) < 4.78 is 42.2. The maximum Gasteiger partial charge on any atom is 0.265 e. The molecule has 1 aromatic heterocycles. The molecule has 11 heteroatoms. The van der Waals surface area contributed by atoms with Crippen LogP contribution >= 0.6 is 0 Å². The summed E-state index contributed by atoms with van der Waals surface area (Å²) in [6.45, 7) is 11.7. The number of methoxy groups -OCH3 is 1. The predicted molar refractivity (Wildman–Crippen MR) is 204 cm³/mol. The maximum absolute atomic E-state index is 15.1. The Labute approximate surface area is 313 Å². The van der Waals surface area contributed by atoms with Crippen molar-refractivity contribution in [3.63, 3.8) is 0 Å². The van der Waals surface area contributed by atoms with Crippen LogP contribution in [0.1, 0.15) is 95.2 Å². The van der Waals surface area contributed by atoms with Gasteiger partial charge in [0, 0.05) is 73.7 Å². The lowest BCUT2D eigenvalue weighted by atomic mass is 9.53. The van der Waals surface area contributed by atoms with Gasteiger partial charge in [0.25, 0.3) is 5.91 Å². The molecule has 10 nitrogen and oxygen atoms in total. The van der Waals surface area contributed by atoms with E-state index in [1.807, 2.05) is 6.92 Å². The first kappa shape index (κ1) is 35.3. The second-order valence-electron chi connectivity index (χ2n) is 17.2. The average Bonchev–Trinajstić information content (AvgIpc) is 3.64. The number of allylic oxidation sites excluding steroid dienone is 4. The second-order valence-corrected chi connectivity index (χ2v) is 19.4. The van der Waals surface area contributed by atoms with Crippen molar-refractivity contribution >= 4 is 32.7 Å². The van der Waals surface area contributed by atoms with Crippen molar-refractivity contribution in [3.8, 4) is 5.75 Å². The van der Waals surface area contributed by atoms with E-state index in [0.717, 1.165) is 111 Å². The molecule has 1 N–H and O–H groups in total. The van der Waals surface area contributed by atoms with Crippen LogP contribution in [0, 0.1) is 16.7 Å². The number of nitrogens with one attached hydrogen (secondary N) is 1. The van der Waals surface area contributed by atoms with Gasteiger partial charge < -0.3 is 18.9 Å². The zero-order valence-corrected chi connectivity index (χ0v) is 32.5. The summed E-state index contributed by atoms with van der Waals surface area (Å²) in [5, 5.41) is 0.307. The Balaban J connectivity index is 1.12. The number of hydrogen-bond donors (Lipinski definition) is 1. The highest BCUT2D eigenvalue weighted by atomic mass is 32.2. The van der Waals surface area contributed by atoms with Gasteiger partial charge in [0.1, 0.15) is 5.75 Å². The van der Waals surface area contributed by atoms with Crippen molar-refractivity contribution in [2.24, 2.45) is 16.7 Å². The van der Waals surface area contributed by atoms with Crippen molar-refractivity contribution in [1.29, 1.82) is 0 Å². The van der Waals surface area contributed by atoms with Gasteiger partial charge in [0.15, 0.2) is 0 Å². The molecule has 7 aliphatic rings. The minimum atomic E-state index is -3.83. The van der Waals surface area contributed by atoms with Gasteiger partial charge in [-0.3, -0.25) is 14.5 Å². The van der Waals surface area contributed by atoms with Crippen molar-refractivity contribution in [2.45, 2.75) is 95.8 Å². The lowest BCUT2D eigenvalue weighted by Gasteiger charge is -2.48. The van der Waals surface area contributed by atoms with E-state index >= 15 is 4.79 Å². The molecule has 4 heterocycles. The van der Waals surface area contributed by atoms with E-state index in [1.54, 1.807) is 21.0 Å². The summed E-state index contributed by atoms with van der Waals surface area (Å²) in [7, 11) is -2.11. The highest BCUT2D eigenvalue weighted by Gasteiger charge is 2.69. The largest absolute Gasteiger partial charge is 0.496 e. The molecule has 4 fully saturated rings. The summed E-state index contributed by atoms with van der Waals surface area (Å²) in [6.07, 6.45) is 13.1. The summed E-state index contributed by atoms with van der Waals surface area (Å²) in [5.74, 6) is 0.243. The third-order valence-corrected chi connectivity index (χ3v) is 15.9. The van der Waals surface area contributed by atoms with Gasteiger partial charge in [0.2, 0.25) is 15.9 Å². The number of amides is 2. The molecule has 9 rings (SSSR count). The first-order valence-electron chi connectivity index (χ1n) is 20.0. The monoisotopic (exact) mass is 742 g/mol. The Bertz CT molecular complexity index is 2070. The minimum absolute atomic E-state index is 0.152. The highest BCUT2D eigenvalue weighted by Crippen LogP contribution is 2.66. The lowest BCUT2D eigenvalue weighted by Crippen LogP contribution is -2.49. The number of rotatable bonds is 10. The van der Waals surface area contributed by atoms with Gasteiger partial charge in [0.05, 0.1) is 36.0 Å². The highest BCUT2D eigenvalue weighted by molar-refractivity contribution is 7.90. The molecule has 0 spiro atoms. The standard InChI is InChI=1S/C42H54N4O6S/c1-5-52-19-18-44-22-41-16-17-42(41,23-44)25-45(24-41)40(48)30-13-9-12-29-35(30)33-20-31-34(51-4)15-14-28(27-10-7-6-8-11-27)38(31)46(33)21-32-36(29)37(32)39(47)43-53(49,50)26(2)3/h9,12,14-15,20,26-27,30,35H,5-8,10-11,13,16-19,21-25H2,1-4H3,(H,43,47)/t30-,35-,41?,42?/m1/s1. The van der Waals surface area contributed by atoms with Crippen LogP contribution in [-0.4, -0.2) is 92.9 Å². The molecule has 4 atom stereocenters. The molecule has 2 amide bonds. The van der Waals surface area contributed by atoms with Gasteiger partial charge in [-0.2, -0.15) is 0 Å². The molecule has 2 saturated heterocycles. The zero-order valence-electron chi connectivity index (χ0n) is 31.7. The van der Waals surface area contributed by atoms with Crippen LogP contribution in [0.15, 0.2) is 52.6 Å². The zero-order chi connectivity index (χ0) is 36.9. The SMILES string of the molecule is CCOCCN1CC23CCC2(C1)CN(C(=O)[C@@H]1CC=CC2=C4C(=C4C(=O)NS(=O)(=O)C(C)C)Cn4c(cc5c(OC)ccc(C6CCCCC6)c54)[C@H]21)C3. The van der Waals surface area contributed by atoms with Crippen molar-refractivity contribution in [2.75, 3.05) is 53.0 Å². The van der Waals surface area contributed by atoms with E-state index in [0.29, 0.717) is 24.5 Å². The van der Waals surface area contributed by atoms with Gasteiger partial charge in [-0.15, -0.1) is 0 Å². The quantitative estimate of drug-likeness (QED) is 0.307. The Morgan fingerprint density at radius 2 is 1.77 bits per heavy atom. The first-order chi connectivity index (χ1) is 25.5. The molecule has 2 saturated carbocycles. The van der Waals surface area contributed by atoms with E-state index < -0.39 is 21.2 Å². The Morgan fingerprint density at radius 1 is 1.04 bits per heavy atom. The Kier molecular flexibility index (Phi) is 8.55. The number of hydrogen-bond acceptors (Lipinski definition) is 7. The fourth-order valence-corrected chi connectivity index (χ4v) is 11.9. The Hall–Kier alpha value is -3.41. The van der Waals surface area contributed by atoms with Crippen LogP contribution < -0.4 is 9.46 Å². The molecule has 2 aromatic rings. The fraction of sp³-hybridized carbons (Fsp3) is 0.619. The molecule has 0 bridgehead atoms. The number of nitrogens with zero attached hydrogens (tertiary/aromatic N) is 3. The molecule has 4 aliphatic carbocycles. The second kappa shape index (κ2) is 12.8. The number of likely N-dealkylation sites (tertiary alicyclic amines) is 2.